The summed E-state index contributed by atoms with van der Waals surface area (Å²) in [5.74, 6) is -1.11. The molecule has 1 aliphatic rings. The van der Waals surface area contributed by atoms with Gasteiger partial charge in [0.2, 0.25) is 0 Å². The number of hydrogen-bond acceptors (Lipinski definition) is 3. The van der Waals surface area contributed by atoms with Crippen LogP contribution in [0.15, 0.2) is 29.1 Å². The Morgan fingerprint density at radius 1 is 1.41 bits per heavy atom. The van der Waals surface area contributed by atoms with E-state index in [1.54, 1.807) is 13.0 Å². The number of aliphatic hydroxyl groups excluding tert-OH is 1. The smallest absolute Gasteiger partial charge is 0.273 e. The van der Waals surface area contributed by atoms with Crippen LogP contribution in [0.3, 0.4) is 0 Å². The molecule has 2 rings (SSSR count). The highest BCUT2D eigenvalue weighted by molar-refractivity contribution is 6.41. The van der Waals surface area contributed by atoms with E-state index in [4.69, 9.17) is 23.2 Å². The van der Waals surface area contributed by atoms with Crippen molar-refractivity contribution in [3.8, 4) is 0 Å². The Labute approximate surface area is 108 Å². The largest absolute Gasteiger partial charge is 0.511 e. The molecule has 1 aromatic rings. The SMILES string of the molecule is CC1=NC(=O)C=C(O)C1c1ccnc(Cl)c1Cl. The normalized spacial score (nSPS) is 19.9. The lowest BCUT2D eigenvalue weighted by Gasteiger charge is -2.20. The van der Waals surface area contributed by atoms with E-state index in [1.807, 2.05) is 0 Å². The number of aromatic nitrogens is 1. The van der Waals surface area contributed by atoms with Gasteiger partial charge in [0.15, 0.2) is 0 Å². The molecule has 0 radical (unpaired) electrons. The number of allylic oxidation sites excluding steroid dienone is 1. The number of rotatable bonds is 1. The molecule has 0 saturated heterocycles. The molecular weight excluding hydrogens is 263 g/mol. The summed E-state index contributed by atoms with van der Waals surface area (Å²) in [6.07, 6.45) is 2.56. The highest BCUT2D eigenvalue weighted by atomic mass is 35.5. The van der Waals surface area contributed by atoms with Gasteiger partial charge in [0, 0.05) is 18.0 Å². The lowest BCUT2D eigenvalue weighted by atomic mass is 9.91. The Bertz CT molecular complexity index is 530. The Morgan fingerprint density at radius 3 is 2.76 bits per heavy atom. The van der Waals surface area contributed by atoms with Gasteiger partial charge < -0.3 is 5.11 Å². The molecule has 17 heavy (non-hydrogen) atoms. The number of aliphatic hydroxyl groups is 1. The molecule has 88 valence electrons. The number of aliphatic imine (C=N–C) groups is 1. The van der Waals surface area contributed by atoms with Crippen molar-refractivity contribution < 1.29 is 9.90 Å². The summed E-state index contributed by atoms with van der Waals surface area (Å²) < 4.78 is 0. The van der Waals surface area contributed by atoms with Gasteiger partial charge in [-0.3, -0.25) is 4.79 Å². The zero-order valence-corrected chi connectivity index (χ0v) is 10.3. The summed E-state index contributed by atoms with van der Waals surface area (Å²) in [6.45, 7) is 1.65. The quantitative estimate of drug-likeness (QED) is 0.799. The first-order chi connectivity index (χ1) is 8.00. The van der Waals surface area contributed by atoms with Crippen molar-refractivity contribution in [2.24, 2.45) is 4.99 Å². The van der Waals surface area contributed by atoms with Gasteiger partial charge in [-0.2, -0.15) is 0 Å². The van der Waals surface area contributed by atoms with Crippen LogP contribution in [0.25, 0.3) is 0 Å². The number of pyridine rings is 1. The number of amides is 1. The van der Waals surface area contributed by atoms with Crippen molar-refractivity contribution in [3.05, 3.63) is 39.8 Å². The third-order valence-electron chi connectivity index (χ3n) is 2.46. The van der Waals surface area contributed by atoms with Crippen molar-refractivity contribution in [2.75, 3.05) is 0 Å². The summed E-state index contributed by atoms with van der Waals surface area (Å²) in [5, 5.41) is 10.2. The van der Waals surface area contributed by atoms with Crippen molar-refractivity contribution in [1.29, 1.82) is 0 Å². The summed E-state index contributed by atoms with van der Waals surface area (Å²) in [5.41, 5.74) is 1.05. The molecular formula is C11H8Cl2N2O2. The first-order valence-corrected chi connectivity index (χ1v) is 5.56. The molecule has 4 nitrogen and oxygen atoms in total. The van der Waals surface area contributed by atoms with Crippen LogP contribution >= 0.6 is 23.2 Å². The average Bonchev–Trinajstić information content (AvgIpc) is 2.23. The van der Waals surface area contributed by atoms with Gasteiger partial charge in [-0.15, -0.1) is 0 Å². The molecule has 1 aliphatic heterocycles. The van der Waals surface area contributed by atoms with Gasteiger partial charge in [-0.1, -0.05) is 23.2 Å². The highest BCUT2D eigenvalue weighted by Crippen LogP contribution is 2.34. The Hall–Kier alpha value is -1.39. The Balaban J connectivity index is 2.54. The molecule has 1 aromatic heterocycles. The van der Waals surface area contributed by atoms with Crippen LogP contribution < -0.4 is 0 Å². The van der Waals surface area contributed by atoms with E-state index in [9.17, 15) is 9.90 Å². The molecule has 0 aromatic carbocycles. The standard InChI is InChI=1S/C11H8Cl2N2O2/c1-5-9(7(16)4-8(17)15-5)6-2-3-14-11(13)10(6)12/h2-4,9,16H,1H3. The predicted octanol–water partition coefficient (Wildman–Crippen LogP) is 2.92. The minimum atomic E-state index is -0.541. The summed E-state index contributed by atoms with van der Waals surface area (Å²) >= 11 is 11.8. The fourth-order valence-electron chi connectivity index (χ4n) is 1.73. The van der Waals surface area contributed by atoms with Gasteiger partial charge in [-0.05, 0) is 18.6 Å². The maximum atomic E-state index is 11.1. The lowest BCUT2D eigenvalue weighted by molar-refractivity contribution is -0.113. The molecule has 0 bridgehead atoms. The predicted molar refractivity (Wildman–Crippen MR) is 65.8 cm³/mol. The van der Waals surface area contributed by atoms with Crippen LogP contribution in [0.2, 0.25) is 10.2 Å². The lowest BCUT2D eigenvalue weighted by Crippen LogP contribution is -2.19. The molecule has 6 heteroatoms. The zero-order chi connectivity index (χ0) is 12.6. The fourth-order valence-corrected chi connectivity index (χ4v) is 2.12. The molecule has 1 atom stereocenters. The van der Waals surface area contributed by atoms with Crippen molar-refractivity contribution in [1.82, 2.24) is 4.98 Å². The van der Waals surface area contributed by atoms with E-state index >= 15 is 0 Å². The zero-order valence-electron chi connectivity index (χ0n) is 8.82. The number of nitrogens with zero attached hydrogens (tertiary/aromatic N) is 2. The summed E-state index contributed by atoms with van der Waals surface area (Å²) in [4.78, 5) is 18.7. The minimum Gasteiger partial charge on any atom is -0.511 e. The second-order valence-electron chi connectivity index (χ2n) is 3.60. The Morgan fingerprint density at radius 2 is 2.12 bits per heavy atom. The number of carbonyl (C=O) groups is 1. The van der Waals surface area contributed by atoms with Crippen molar-refractivity contribution in [3.63, 3.8) is 0 Å². The van der Waals surface area contributed by atoms with E-state index < -0.39 is 11.8 Å². The maximum absolute atomic E-state index is 11.1. The van der Waals surface area contributed by atoms with Gasteiger partial charge in [0.25, 0.3) is 5.91 Å². The third kappa shape index (κ3) is 2.18. The van der Waals surface area contributed by atoms with E-state index in [0.717, 1.165) is 6.08 Å². The van der Waals surface area contributed by atoms with Crippen LogP contribution in [0.5, 0.6) is 0 Å². The van der Waals surface area contributed by atoms with Crippen molar-refractivity contribution in [2.45, 2.75) is 12.8 Å². The summed E-state index contributed by atoms with van der Waals surface area (Å²) in [7, 11) is 0. The highest BCUT2D eigenvalue weighted by Gasteiger charge is 2.27. The molecule has 0 aliphatic carbocycles. The first-order valence-electron chi connectivity index (χ1n) is 4.80. The molecule has 1 unspecified atom stereocenters. The van der Waals surface area contributed by atoms with E-state index in [-0.39, 0.29) is 15.9 Å². The molecule has 1 N–H and O–H groups in total. The van der Waals surface area contributed by atoms with Crippen LogP contribution in [0.4, 0.5) is 0 Å². The molecule has 1 amide bonds. The van der Waals surface area contributed by atoms with E-state index in [2.05, 4.69) is 9.98 Å². The third-order valence-corrected chi connectivity index (χ3v) is 3.24. The van der Waals surface area contributed by atoms with Gasteiger partial charge in [-0.25, -0.2) is 9.98 Å². The van der Waals surface area contributed by atoms with E-state index in [0.29, 0.717) is 11.3 Å². The van der Waals surface area contributed by atoms with Gasteiger partial charge >= 0.3 is 0 Å². The minimum absolute atomic E-state index is 0.0910. The Kier molecular flexibility index (Phi) is 3.17. The number of carbonyl (C=O) groups excluding carboxylic acids is 1. The van der Waals surface area contributed by atoms with Crippen molar-refractivity contribution >= 4 is 34.8 Å². The van der Waals surface area contributed by atoms with E-state index in [1.165, 1.54) is 6.20 Å². The number of dihydropyridines is 1. The maximum Gasteiger partial charge on any atom is 0.273 e. The van der Waals surface area contributed by atoms with Crippen LogP contribution in [0, 0.1) is 0 Å². The molecule has 0 fully saturated rings. The van der Waals surface area contributed by atoms with Crippen LogP contribution in [0.1, 0.15) is 18.4 Å². The number of halogens is 2. The van der Waals surface area contributed by atoms with Gasteiger partial charge in [0.1, 0.15) is 10.9 Å². The second kappa shape index (κ2) is 4.47. The topological polar surface area (TPSA) is 62.5 Å². The van der Waals surface area contributed by atoms with Crippen LogP contribution in [-0.4, -0.2) is 21.7 Å². The molecule has 2 heterocycles. The van der Waals surface area contributed by atoms with Crippen LogP contribution in [-0.2, 0) is 4.79 Å². The molecule has 0 saturated carbocycles. The monoisotopic (exact) mass is 270 g/mol. The van der Waals surface area contributed by atoms with Gasteiger partial charge in [0.05, 0.1) is 10.9 Å². The average molecular weight is 271 g/mol. The fraction of sp³-hybridized carbons (Fsp3) is 0.182. The molecule has 0 spiro atoms. The first kappa shape index (κ1) is 12.1. The number of hydrogen-bond donors (Lipinski definition) is 1. The summed E-state index contributed by atoms with van der Waals surface area (Å²) in [6, 6.07) is 1.64. The second-order valence-corrected chi connectivity index (χ2v) is 4.33.